The molecule has 7 heteroatoms. The van der Waals surface area contributed by atoms with Crippen LogP contribution in [0.4, 0.5) is 0 Å². The lowest BCUT2D eigenvalue weighted by atomic mass is 10.2. The Hall–Kier alpha value is -1.35. The van der Waals surface area contributed by atoms with E-state index in [0.29, 0.717) is 6.54 Å². The summed E-state index contributed by atoms with van der Waals surface area (Å²) >= 11 is 1.74. The van der Waals surface area contributed by atoms with Crippen molar-refractivity contribution < 1.29 is 4.74 Å². The molecule has 0 spiro atoms. The first-order chi connectivity index (χ1) is 13.2. The molecule has 28 heavy (non-hydrogen) atoms. The van der Waals surface area contributed by atoms with Gasteiger partial charge in [0.1, 0.15) is 5.75 Å². The van der Waals surface area contributed by atoms with Crippen LogP contribution >= 0.6 is 35.3 Å². The van der Waals surface area contributed by atoms with Gasteiger partial charge in [-0.25, -0.2) is 9.98 Å². The van der Waals surface area contributed by atoms with E-state index < -0.39 is 0 Å². The van der Waals surface area contributed by atoms with E-state index in [2.05, 4.69) is 34.0 Å². The van der Waals surface area contributed by atoms with Crippen molar-refractivity contribution in [2.24, 2.45) is 10.9 Å². The Morgan fingerprint density at radius 3 is 2.82 bits per heavy atom. The van der Waals surface area contributed by atoms with Crippen LogP contribution in [0.1, 0.15) is 42.5 Å². The van der Waals surface area contributed by atoms with Crippen molar-refractivity contribution in [3.05, 3.63) is 45.9 Å². The van der Waals surface area contributed by atoms with Crippen LogP contribution in [0.25, 0.3) is 0 Å². The van der Waals surface area contributed by atoms with Crippen LogP contribution in [0.15, 0.2) is 34.6 Å². The van der Waals surface area contributed by atoms with Crippen LogP contribution in [-0.2, 0) is 13.0 Å². The highest BCUT2D eigenvalue weighted by Crippen LogP contribution is 2.30. The molecule has 1 aromatic carbocycles. The van der Waals surface area contributed by atoms with E-state index in [1.54, 1.807) is 11.3 Å². The monoisotopic (exact) mass is 514 g/mol. The van der Waals surface area contributed by atoms with Gasteiger partial charge in [-0.15, -0.1) is 35.3 Å². The fourth-order valence-corrected chi connectivity index (χ4v) is 3.56. The fraction of sp³-hybridized carbons (Fsp3) is 0.524. The molecule has 1 aliphatic rings. The summed E-state index contributed by atoms with van der Waals surface area (Å²) in [6.07, 6.45) is 4.64. The smallest absolute Gasteiger partial charge is 0.191 e. The third kappa shape index (κ3) is 7.95. The number of aromatic nitrogens is 1. The van der Waals surface area contributed by atoms with Gasteiger partial charge < -0.3 is 15.4 Å². The summed E-state index contributed by atoms with van der Waals surface area (Å²) in [7, 11) is 0. The number of rotatable bonds is 10. The number of nitrogens with zero attached hydrogens (tertiary/aromatic N) is 2. The first-order valence-corrected chi connectivity index (χ1v) is 10.8. The average molecular weight is 514 g/mol. The highest BCUT2D eigenvalue weighted by molar-refractivity contribution is 14.0. The molecule has 1 fully saturated rings. The lowest BCUT2D eigenvalue weighted by molar-refractivity contribution is 0.297. The Balaban J connectivity index is 0.00000280. The maximum atomic E-state index is 5.99. The molecule has 1 saturated carbocycles. The number of halogens is 1. The molecule has 0 bridgehead atoms. The Morgan fingerprint density at radius 2 is 2.11 bits per heavy atom. The summed E-state index contributed by atoms with van der Waals surface area (Å²) in [6.45, 7) is 7.29. The molecular weight excluding hydrogens is 483 g/mol. The van der Waals surface area contributed by atoms with Gasteiger partial charge in [0.05, 0.1) is 18.2 Å². The molecule has 0 aliphatic heterocycles. The van der Waals surface area contributed by atoms with Crippen molar-refractivity contribution >= 4 is 41.3 Å². The van der Waals surface area contributed by atoms with Crippen molar-refractivity contribution in [1.82, 2.24) is 15.6 Å². The largest absolute Gasteiger partial charge is 0.493 e. The lowest BCUT2D eigenvalue weighted by Crippen LogP contribution is -2.37. The topological polar surface area (TPSA) is 58.5 Å². The summed E-state index contributed by atoms with van der Waals surface area (Å²) in [6, 6.07) is 8.22. The van der Waals surface area contributed by atoms with Gasteiger partial charge in [0, 0.05) is 36.1 Å². The van der Waals surface area contributed by atoms with Gasteiger partial charge in [-0.2, -0.15) is 0 Å². The first-order valence-electron chi connectivity index (χ1n) is 9.88. The molecular formula is C21H31IN4OS. The summed E-state index contributed by atoms with van der Waals surface area (Å²) in [5.74, 6) is 2.56. The number of aliphatic imine (C=N–C) groups is 1. The Morgan fingerprint density at radius 1 is 1.29 bits per heavy atom. The molecule has 154 valence electrons. The predicted octanol–water partition coefficient (Wildman–Crippen LogP) is 4.55. The third-order valence-electron chi connectivity index (χ3n) is 4.42. The molecule has 2 aromatic rings. The van der Waals surface area contributed by atoms with Crippen molar-refractivity contribution in [2.45, 2.75) is 46.1 Å². The van der Waals surface area contributed by atoms with Gasteiger partial charge in [0.2, 0.25) is 0 Å². The van der Waals surface area contributed by atoms with E-state index in [1.807, 2.05) is 25.1 Å². The quantitative estimate of drug-likeness (QED) is 0.212. The Kier molecular flexibility index (Phi) is 10.0. The Bertz CT molecular complexity index is 746. The molecule has 0 radical (unpaired) electrons. The summed E-state index contributed by atoms with van der Waals surface area (Å²) in [4.78, 5) is 9.25. The van der Waals surface area contributed by atoms with Gasteiger partial charge in [-0.05, 0) is 45.1 Å². The van der Waals surface area contributed by atoms with E-state index in [4.69, 9.17) is 9.73 Å². The maximum Gasteiger partial charge on any atom is 0.191 e. The number of nitrogens with one attached hydrogen (secondary N) is 2. The fourth-order valence-electron chi connectivity index (χ4n) is 2.74. The van der Waals surface area contributed by atoms with Gasteiger partial charge in [0.15, 0.2) is 5.96 Å². The number of thiazole rings is 1. The average Bonchev–Trinajstić information content (AvgIpc) is 3.42. The van der Waals surface area contributed by atoms with Crippen LogP contribution in [0.3, 0.4) is 0 Å². The van der Waals surface area contributed by atoms with E-state index >= 15 is 0 Å². The molecule has 5 nitrogen and oxygen atoms in total. The predicted molar refractivity (Wildman–Crippen MR) is 128 cm³/mol. The van der Waals surface area contributed by atoms with Crippen LogP contribution in [0, 0.1) is 12.8 Å². The van der Waals surface area contributed by atoms with Crippen molar-refractivity contribution in [3.63, 3.8) is 0 Å². The third-order valence-corrected chi connectivity index (χ3v) is 5.45. The molecule has 2 N–H and O–H groups in total. The number of benzene rings is 1. The van der Waals surface area contributed by atoms with E-state index in [1.165, 1.54) is 17.8 Å². The number of aryl methyl sites for hydroxylation is 2. The SMILES string of the molecule is CCNC(=NCc1ccccc1OCC1CC1)NCCCc1nc(C)cs1.I. The number of hydrogen-bond acceptors (Lipinski definition) is 4. The molecule has 0 atom stereocenters. The van der Waals surface area contributed by atoms with E-state index in [0.717, 1.165) is 61.4 Å². The zero-order valence-electron chi connectivity index (χ0n) is 16.7. The van der Waals surface area contributed by atoms with Gasteiger partial charge in [-0.1, -0.05) is 18.2 Å². The summed E-state index contributed by atoms with van der Waals surface area (Å²) < 4.78 is 5.99. The second-order valence-electron chi connectivity index (χ2n) is 6.97. The van der Waals surface area contributed by atoms with Crippen molar-refractivity contribution in [3.8, 4) is 5.75 Å². The zero-order valence-corrected chi connectivity index (χ0v) is 19.9. The summed E-state index contributed by atoms with van der Waals surface area (Å²) in [5.41, 5.74) is 2.24. The summed E-state index contributed by atoms with van der Waals surface area (Å²) in [5, 5.41) is 10.1. The first kappa shape index (κ1) is 22.9. The van der Waals surface area contributed by atoms with Crippen LogP contribution < -0.4 is 15.4 Å². The van der Waals surface area contributed by atoms with Crippen LogP contribution in [0.2, 0.25) is 0 Å². The van der Waals surface area contributed by atoms with Crippen molar-refractivity contribution in [2.75, 3.05) is 19.7 Å². The molecule has 1 heterocycles. The number of ether oxygens (including phenoxy) is 1. The van der Waals surface area contributed by atoms with Crippen LogP contribution in [0.5, 0.6) is 5.75 Å². The molecule has 3 rings (SSSR count). The van der Waals surface area contributed by atoms with E-state index in [-0.39, 0.29) is 24.0 Å². The standard InChI is InChI=1S/C21H30N4OS.HI/c1-3-22-21(23-12-6-9-20-25-16(2)15-27-20)24-13-18-7-4-5-8-19(18)26-14-17-10-11-17;/h4-5,7-8,15,17H,3,6,9-14H2,1-2H3,(H2,22,23,24);1H. The second-order valence-corrected chi connectivity index (χ2v) is 7.91. The van der Waals surface area contributed by atoms with E-state index in [9.17, 15) is 0 Å². The highest BCUT2D eigenvalue weighted by Gasteiger charge is 2.22. The lowest BCUT2D eigenvalue weighted by Gasteiger charge is -2.13. The number of hydrogen-bond donors (Lipinski definition) is 2. The van der Waals surface area contributed by atoms with Gasteiger partial charge >= 0.3 is 0 Å². The molecule has 0 unspecified atom stereocenters. The minimum atomic E-state index is 0. The second kappa shape index (κ2) is 12.3. The normalized spacial score (nSPS) is 13.7. The minimum Gasteiger partial charge on any atom is -0.493 e. The molecule has 0 amide bonds. The number of guanidine groups is 1. The molecule has 0 saturated heterocycles. The Labute approximate surface area is 189 Å². The molecule has 1 aromatic heterocycles. The maximum absolute atomic E-state index is 5.99. The van der Waals surface area contributed by atoms with Crippen molar-refractivity contribution in [1.29, 1.82) is 0 Å². The molecule has 1 aliphatic carbocycles. The highest BCUT2D eigenvalue weighted by atomic mass is 127. The minimum absolute atomic E-state index is 0. The van der Waals surface area contributed by atoms with Gasteiger partial charge in [-0.3, -0.25) is 0 Å². The van der Waals surface area contributed by atoms with Gasteiger partial charge in [0.25, 0.3) is 0 Å². The number of para-hydroxylation sites is 1. The van der Waals surface area contributed by atoms with Crippen LogP contribution in [-0.4, -0.2) is 30.6 Å². The zero-order chi connectivity index (χ0) is 18.9.